The standard InChI is InChI=1S/C13H21N3O2S/c1-10(2)6-8-16(11-3-4-11)19(17,18)12-5-7-15-13(14)9-12/h5,7,9-11H,3-4,6,8H2,1-2H3,(H2,14,15). The Labute approximate surface area is 114 Å². The van der Waals surface area contributed by atoms with Crippen molar-refractivity contribution in [3.8, 4) is 0 Å². The van der Waals surface area contributed by atoms with E-state index >= 15 is 0 Å². The van der Waals surface area contributed by atoms with Crippen LogP contribution >= 0.6 is 0 Å². The fourth-order valence-corrected chi connectivity index (χ4v) is 3.69. The Kier molecular flexibility index (Phi) is 4.10. The van der Waals surface area contributed by atoms with Crippen molar-refractivity contribution in [2.45, 2.75) is 44.0 Å². The molecule has 2 rings (SSSR count). The van der Waals surface area contributed by atoms with Crippen molar-refractivity contribution in [1.82, 2.24) is 9.29 Å². The summed E-state index contributed by atoms with van der Waals surface area (Å²) in [7, 11) is -3.44. The molecule has 0 aromatic carbocycles. The lowest BCUT2D eigenvalue weighted by Gasteiger charge is -2.22. The number of hydrogen-bond acceptors (Lipinski definition) is 4. The summed E-state index contributed by atoms with van der Waals surface area (Å²) >= 11 is 0. The molecular weight excluding hydrogens is 262 g/mol. The molecule has 1 aliphatic rings. The van der Waals surface area contributed by atoms with E-state index in [-0.39, 0.29) is 16.8 Å². The lowest BCUT2D eigenvalue weighted by molar-refractivity contribution is 0.373. The van der Waals surface area contributed by atoms with Crippen LogP contribution in [0.2, 0.25) is 0 Å². The topological polar surface area (TPSA) is 76.3 Å². The van der Waals surface area contributed by atoms with Crippen molar-refractivity contribution in [3.05, 3.63) is 18.3 Å². The minimum absolute atomic E-state index is 0.165. The summed E-state index contributed by atoms with van der Waals surface area (Å²) in [6.07, 6.45) is 4.22. The van der Waals surface area contributed by atoms with Gasteiger partial charge in [0.15, 0.2) is 0 Å². The Bertz CT molecular complexity index is 539. The van der Waals surface area contributed by atoms with Gasteiger partial charge in [0, 0.05) is 24.8 Å². The van der Waals surface area contributed by atoms with Gasteiger partial charge in [-0.3, -0.25) is 0 Å². The number of pyridine rings is 1. The monoisotopic (exact) mass is 283 g/mol. The minimum atomic E-state index is -3.44. The third-order valence-corrected chi connectivity index (χ3v) is 5.19. The predicted octanol–water partition coefficient (Wildman–Crippen LogP) is 1.86. The van der Waals surface area contributed by atoms with Crippen LogP contribution in [-0.4, -0.2) is 30.3 Å². The first-order valence-electron chi connectivity index (χ1n) is 6.64. The van der Waals surface area contributed by atoms with Gasteiger partial charge >= 0.3 is 0 Å². The van der Waals surface area contributed by atoms with Crippen molar-refractivity contribution >= 4 is 15.8 Å². The molecule has 19 heavy (non-hydrogen) atoms. The quantitative estimate of drug-likeness (QED) is 0.864. The zero-order chi connectivity index (χ0) is 14.0. The Morgan fingerprint density at radius 1 is 1.47 bits per heavy atom. The van der Waals surface area contributed by atoms with Crippen LogP contribution in [-0.2, 0) is 10.0 Å². The summed E-state index contributed by atoms with van der Waals surface area (Å²) in [5, 5.41) is 0. The average Bonchev–Trinajstić information content (AvgIpc) is 3.13. The molecule has 5 nitrogen and oxygen atoms in total. The molecule has 0 bridgehead atoms. The molecule has 0 spiro atoms. The van der Waals surface area contributed by atoms with Crippen LogP contribution in [0.25, 0.3) is 0 Å². The van der Waals surface area contributed by atoms with Crippen LogP contribution in [0, 0.1) is 5.92 Å². The van der Waals surface area contributed by atoms with Crippen molar-refractivity contribution in [3.63, 3.8) is 0 Å². The number of hydrogen-bond donors (Lipinski definition) is 1. The third kappa shape index (κ3) is 3.45. The minimum Gasteiger partial charge on any atom is -0.384 e. The molecule has 1 aromatic heterocycles. The first-order chi connectivity index (χ1) is 8.91. The average molecular weight is 283 g/mol. The van der Waals surface area contributed by atoms with E-state index in [0.29, 0.717) is 12.5 Å². The molecule has 0 saturated heterocycles. The number of nitrogens with zero attached hydrogens (tertiary/aromatic N) is 2. The Morgan fingerprint density at radius 2 is 2.16 bits per heavy atom. The molecule has 2 N–H and O–H groups in total. The fraction of sp³-hybridized carbons (Fsp3) is 0.615. The van der Waals surface area contributed by atoms with Gasteiger partial charge in [-0.25, -0.2) is 13.4 Å². The van der Waals surface area contributed by atoms with Gasteiger partial charge in [-0.05, 0) is 31.2 Å². The number of nitrogen functional groups attached to an aromatic ring is 1. The SMILES string of the molecule is CC(C)CCN(C1CC1)S(=O)(=O)c1ccnc(N)c1. The van der Waals surface area contributed by atoms with Gasteiger partial charge in [0.2, 0.25) is 10.0 Å². The van der Waals surface area contributed by atoms with E-state index in [1.165, 1.54) is 18.3 Å². The van der Waals surface area contributed by atoms with Gasteiger partial charge in [0.05, 0.1) is 4.90 Å². The van der Waals surface area contributed by atoms with Gasteiger partial charge in [-0.2, -0.15) is 4.31 Å². The predicted molar refractivity (Wildman–Crippen MR) is 75.0 cm³/mol. The highest BCUT2D eigenvalue weighted by atomic mass is 32.2. The lowest BCUT2D eigenvalue weighted by Crippen LogP contribution is -2.34. The first-order valence-corrected chi connectivity index (χ1v) is 8.08. The Morgan fingerprint density at radius 3 is 2.68 bits per heavy atom. The van der Waals surface area contributed by atoms with Crippen LogP contribution < -0.4 is 5.73 Å². The second-order valence-corrected chi connectivity index (χ2v) is 7.34. The summed E-state index contributed by atoms with van der Waals surface area (Å²) in [5.74, 6) is 0.722. The maximum atomic E-state index is 12.6. The van der Waals surface area contributed by atoms with E-state index in [4.69, 9.17) is 5.73 Å². The van der Waals surface area contributed by atoms with E-state index in [9.17, 15) is 8.42 Å². The van der Waals surface area contributed by atoms with Gasteiger partial charge in [-0.15, -0.1) is 0 Å². The molecule has 1 saturated carbocycles. The van der Waals surface area contributed by atoms with Crippen molar-refractivity contribution < 1.29 is 8.42 Å². The molecular formula is C13H21N3O2S. The summed E-state index contributed by atoms with van der Waals surface area (Å²) in [6.45, 7) is 4.77. The summed E-state index contributed by atoms with van der Waals surface area (Å²) in [6, 6.07) is 3.11. The zero-order valence-electron chi connectivity index (χ0n) is 11.4. The van der Waals surface area contributed by atoms with Crippen LogP contribution in [0.3, 0.4) is 0 Å². The van der Waals surface area contributed by atoms with Crippen LogP contribution in [0.15, 0.2) is 23.2 Å². The van der Waals surface area contributed by atoms with E-state index in [1.807, 2.05) is 0 Å². The van der Waals surface area contributed by atoms with E-state index in [2.05, 4.69) is 18.8 Å². The molecule has 6 heteroatoms. The van der Waals surface area contributed by atoms with Crippen molar-refractivity contribution in [1.29, 1.82) is 0 Å². The maximum Gasteiger partial charge on any atom is 0.243 e. The normalized spacial score (nSPS) is 16.2. The molecule has 106 valence electrons. The number of nitrogens with two attached hydrogens (primary N) is 1. The van der Waals surface area contributed by atoms with E-state index in [0.717, 1.165) is 19.3 Å². The van der Waals surface area contributed by atoms with E-state index in [1.54, 1.807) is 4.31 Å². The largest absolute Gasteiger partial charge is 0.384 e. The lowest BCUT2D eigenvalue weighted by atomic mass is 10.1. The number of aromatic nitrogens is 1. The summed E-state index contributed by atoms with van der Waals surface area (Å²) in [4.78, 5) is 4.09. The van der Waals surface area contributed by atoms with Crippen LogP contribution in [0.4, 0.5) is 5.82 Å². The highest BCUT2D eigenvalue weighted by Gasteiger charge is 2.37. The molecule has 0 radical (unpaired) electrons. The Balaban J connectivity index is 2.24. The highest BCUT2D eigenvalue weighted by Crippen LogP contribution is 2.32. The van der Waals surface area contributed by atoms with E-state index < -0.39 is 10.0 Å². The molecule has 0 amide bonds. The molecule has 0 aliphatic heterocycles. The molecule has 0 unspecified atom stereocenters. The zero-order valence-corrected chi connectivity index (χ0v) is 12.2. The molecule has 1 aromatic rings. The highest BCUT2D eigenvalue weighted by molar-refractivity contribution is 7.89. The van der Waals surface area contributed by atoms with Gasteiger partial charge < -0.3 is 5.73 Å². The first kappa shape index (κ1) is 14.3. The maximum absolute atomic E-state index is 12.6. The smallest absolute Gasteiger partial charge is 0.243 e. The van der Waals surface area contributed by atoms with Gasteiger partial charge in [-0.1, -0.05) is 13.8 Å². The second kappa shape index (κ2) is 5.46. The number of anilines is 1. The van der Waals surface area contributed by atoms with Crippen LogP contribution in [0.1, 0.15) is 33.1 Å². The summed E-state index contributed by atoms with van der Waals surface area (Å²) in [5.41, 5.74) is 5.58. The van der Waals surface area contributed by atoms with Crippen LogP contribution in [0.5, 0.6) is 0 Å². The molecule has 1 aliphatic carbocycles. The number of rotatable bonds is 6. The van der Waals surface area contributed by atoms with Gasteiger partial charge in [0.1, 0.15) is 5.82 Å². The Hall–Kier alpha value is -1.14. The van der Waals surface area contributed by atoms with Crippen molar-refractivity contribution in [2.75, 3.05) is 12.3 Å². The third-order valence-electron chi connectivity index (χ3n) is 3.24. The summed E-state index contributed by atoms with van der Waals surface area (Å²) < 4.78 is 26.9. The number of sulfonamides is 1. The molecule has 0 atom stereocenters. The molecule has 1 fully saturated rings. The molecule has 1 heterocycles. The second-order valence-electron chi connectivity index (χ2n) is 5.45. The fourth-order valence-electron chi connectivity index (χ4n) is 1.97. The van der Waals surface area contributed by atoms with Crippen molar-refractivity contribution in [2.24, 2.45) is 5.92 Å². The van der Waals surface area contributed by atoms with Gasteiger partial charge in [0.25, 0.3) is 0 Å².